The van der Waals surface area contributed by atoms with Crippen molar-refractivity contribution in [2.45, 2.75) is 75.7 Å². The van der Waals surface area contributed by atoms with Crippen molar-refractivity contribution in [3.05, 3.63) is 0 Å². The van der Waals surface area contributed by atoms with Gasteiger partial charge in [0, 0.05) is 19.3 Å². The molecule has 0 bridgehead atoms. The first-order chi connectivity index (χ1) is 11.5. The van der Waals surface area contributed by atoms with Crippen LogP contribution in [-0.2, 0) is 14.3 Å². The Labute approximate surface area is 142 Å². The highest BCUT2D eigenvalue weighted by Gasteiger charge is 2.59. The lowest BCUT2D eigenvalue weighted by molar-refractivity contribution is -0.194. The van der Waals surface area contributed by atoms with E-state index in [1.807, 2.05) is 6.92 Å². The van der Waals surface area contributed by atoms with Crippen molar-refractivity contribution in [2.75, 3.05) is 13.2 Å². The van der Waals surface area contributed by atoms with Gasteiger partial charge in [-0.2, -0.15) is 0 Å². The topological polar surface area (TPSA) is 96.9 Å². The van der Waals surface area contributed by atoms with Gasteiger partial charge in [0.05, 0.1) is 18.1 Å². The number of carboxylic acid groups (broad SMARTS) is 1. The maximum atomic E-state index is 12.3. The normalized spacial score (nSPS) is 38.5. The van der Waals surface area contributed by atoms with Crippen molar-refractivity contribution in [2.24, 2.45) is 5.92 Å². The summed E-state index contributed by atoms with van der Waals surface area (Å²) in [4.78, 5) is 23.3. The quantitative estimate of drug-likeness (QED) is 0.707. The molecular formula is C17H28N2O5. The van der Waals surface area contributed by atoms with Crippen LogP contribution in [0.25, 0.3) is 0 Å². The Kier molecular flexibility index (Phi) is 5.30. The molecule has 3 aliphatic rings. The molecule has 1 aliphatic heterocycles. The first-order valence-electron chi connectivity index (χ1n) is 9.10. The predicted molar refractivity (Wildman–Crippen MR) is 86.8 cm³/mol. The lowest BCUT2D eigenvalue weighted by atomic mass is 9.70. The van der Waals surface area contributed by atoms with Gasteiger partial charge in [-0.05, 0) is 51.9 Å². The van der Waals surface area contributed by atoms with E-state index >= 15 is 0 Å². The largest absolute Gasteiger partial charge is 0.481 e. The first-order valence-corrected chi connectivity index (χ1v) is 9.10. The Morgan fingerprint density at radius 3 is 2.58 bits per heavy atom. The van der Waals surface area contributed by atoms with Gasteiger partial charge in [-0.25, -0.2) is 4.79 Å². The molecule has 3 fully saturated rings. The number of carbonyl (C=O) groups is 2. The van der Waals surface area contributed by atoms with Crippen LogP contribution < -0.4 is 10.6 Å². The van der Waals surface area contributed by atoms with Gasteiger partial charge in [0.25, 0.3) is 0 Å². The molecule has 7 nitrogen and oxygen atoms in total. The lowest BCUT2D eigenvalue weighted by Gasteiger charge is -2.52. The van der Waals surface area contributed by atoms with Crippen LogP contribution in [0.3, 0.4) is 0 Å². The number of carboxylic acids is 1. The highest BCUT2D eigenvalue weighted by molar-refractivity contribution is 5.75. The molecule has 0 aromatic rings. The van der Waals surface area contributed by atoms with E-state index in [0.717, 1.165) is 38.7 Å². The van der Waals surface area contributed by atoms with Gasteiger partial charge in [-0.15, -0.1) is 0 Å². The minimum absolute atomic E-state index is 0.00749. The van der Waals surface area contributed by atoms with Crippen molar-refractivity contribution in [1.82, 2.24) is 10.6 Å². The molecule has 2 aliphatic carbocycles. The smallest absolute Gasteiger partial charge is 0.315 e. The SMILES string of the molecule is CCOC1CC(NC(=O)NC2CCC(C(=O)O)CC2)C12CCCO2. The van der Waals surface area contributed by atoms with E-state index in [1.54, 1.807) is 0 Å². The molecule has 3 unspecified atom stereocenters. The van der Waals surface area contributed by atoms with E-state index in [1.165, 1.54) is 0 Å². The van der Waals surface area contributed by atoms with Crippen LogP contribution in [0.15, 0.2) is 0 Å². The lowest BCUT2D eigenvalue weighted by Crippen LogP contribution is -2.70. The molecule has 3 atom stereocenters. The number of hydrogen-bond donors (Lipinski definition) is 3. The fourth-order valence-corrected chi connectivity index (χ4v) is 4.35. The second-order valence-electron chi connectivity index (χ2n) is 7.14. The van der Waals surface area contributed by atoms with Crippen LogP contribution in [0.4, 0.5) is 4.79 Å². The molecule has 0 aromatic heterocycles. The van der Waals surface area contributed by atoms with Crippen molar-refractivity contribution in [3.63, 3.8) is 0 Å². The number of carbonyl (C=O) groups excluding carboxylic acids is 1. The van der Waals surface area contributed by atoms with E-state index in [0.29, 0.717) is 19.4 Å². The minimum Gasteiger partial charge on any atom is -0.481 e. The Morgan fingerprint density at radius 1 is 1.25 bits per heavy atom. The number of nitrogens with one attached hydrogen (secondary N) is 2. The van der Waals surface area contributed by atoms with Gasteiger partial charge in [-0.1, -0.05) is 0 Å². The van der Waals surface area contributed by atoms with Gasteiger partial charge in [-0.3, -0.25) is 4.79 Å². The predicted octanol–water partition coefficient (Wildman–Crippen LogP) is 1.66. The van der Waals surface area contributed by atoms with Gasteiger partial charge in [0.15, 0.2) is 0 Å². The molecule has 1 heterocycles. The van der Waals surface area contributed by atoms with E-state index in [4.69, 9.17) is 14.6 Å². The van der Waals surface area contributed by atoms with Crippen LogP contribution in [-0.4, -0.2) is 54.1 Å². The molecule has 3 rings (SSSR count). The maximum Gasteiger partial charge on any atom is 0.315 e. The van der Waals surface area contributed by atoms with Crippen molar-refractivity contribution in [1.29, 1.82) is 0 Å². The molecule has 7 heteroatoms. The number of hydrogen-bond acceptors (Lipinski definition) is 4. The summed E-state index contributed by atoms with van der Waals surface area (Å²) in [5.74, 6) is -0.991. The zero-order valence-electron chi connectivity index (χ0n) is 14.3. The maximum absolute atomic E-state index is 12.3. The van der Waals surface area contributed by atoms with Crippen molar-refractivity contribution < 1.29 is 24.2 Å². The third kappa shape index (κ3) is 3.37. The molecule has 1 saturated heterocycles. The standard InChI is InChI=1S/C17H28N2O5/c1-2-23-14-10-13(17(14)8-3-9-24-17)19-16(22)18-12-6-4-11(5-7-12)15(20)21/h11-14H,2-10H2,1H3,(H,20,21)(H2,18,19,22). The van der Waals surface area contributed by atoms with Crippen molar-refractivity contribution in [3.8, 4) is 0 Å². The monoisotopic (exact) mass is 340 g/mol. The fraction of sp³-hybridized carbons (Fsp3) is 0.882. The molecule has 3 N–H and O–H groups in total. The summed E-state index contributed by atoms with van der Waals surface area (Å²) in [6.45, 7) is 3.35. The highest BCUT2D eigenvalue weighted by atomic mass is 16.6. The Morgan fingerprint density at radius 2 is 2.00 bits per heavy atom. The summed E-state index contributed by atoms with van der Waals surface area (Å²) in [5.41, 5.74) is -0.353. The summed E-state index contributed by atoms with van der Waals surface area (Å²) in [7, 11) is 0. The number of aliphatic carboxylic acids is 1. The molecule has 1 spiro atoms. The minimum atomic E-state index is -0.727. The van der Waals surface area contributed by atoms with Gasteiger partial charge < -0.3 is 25.2 Å². The van der Waals surface area contributed by atoms with E-state index in [-0.39, 0.29) is 35.7 Å². The molecule has 0 radical (unpaired) electrons. The summed E-state index contributed by atoms with van der Waals surface area (Å²) in [5, 5.41) is 15.1. The number of ether oxygens (including phenoxy) is 2. The summed E-state index contributed by atoms with van der Waals surface area (Å²) < 4.78 is 11.7. The van der Waals surface area contributed by atoms with E-state index in [9.17, 15) is 9.59 Å². The molecule has 0 aromatic carbocycles. The number of urea groups is 1. The third-order valence-corrected chi connectivity index (χ3v) is 5.75. The zero-order valence-corrected chi connectivity index (χ0v) is 14.3. The van der Waals surface area contributed by atoms with Gasteiger partial charge in [0.1, 0.15) is 5.60 Å². The van der Waals surface area contributed by atoms with Gasteiger partial charge in [0.2, 0.25) is 0 Å². The zero-order chi connectivity index (χ0) is 17.2. The average Bonchev–Trinajstić information content (AvgIpc) is 3.07. The Hall–Kier alpha value is -1.34. The van der Waals surface area contributed by atoms with Crippen LogP contribution >= 0.6 is 0 Å². The van der Waals surface area contributed by atoms with E-state index < -0.39 is 5.97 Å². The molecule has 24 heavy (non-hydrogen) atoms. The van der Waals surface area contributed by atoms with Crippen LogP contribution in [0.5, 0.6) is 0 Å². The van der Waals surface area contributed by atoms with Crippen molar-refractivity contribution >= 4 is 12.0 Å². The highest BCUT2D eigenvalue weighted by Crippen LogP contribution is 2.45. The molecule has 136 valence electrons. The Bertz CT molecular complexity index is 470. The average molecular weight is 340 g/mol. The first kappa shape index (κ1) is 17.5. The number of amides is 2. The Balaban J connectivity index is 1.46. The molecular weight excluding hydrogens is 312 g/mol. The fourth-order valence-electron chi connectivity index (χ4n) is 4.35. The third-order valence-electron chi connectivity index (χ3n) is 5.75. The second-order valence-corrected chi connectivity index (χ2v) is 7.14. The molecule has 2 amide bonds. The second kappa shape index (κ2) is 7.27. The van der Waals surface area contributed by atoms with Crippen LogP contribution in [0.2, 0.25) is 0 Å². The summed E-state index contributed by atoms with van der Waals surface area (Å²) >= 11 is 0. The van der Waals surface area contributed by atoms with Crippen LogP contribution in [0, 0.1) is 5.92 Å². The number of rotatable bonds is 5. The van der Waals surface area contributed by atoms with E-state index in [2.05, 4.69) is 10.6 Å². The van der Waals surface area contributed by atoms with Crippen LogP contribution in [0.1, 0.15) is 51.9 Å². The summed E-state index contributed by atoms with van der Waals surface area (Å²) in [6, 6.07) is -0.126. The van der Waals surface area contributed by atoms with Gasteiger partial charge >= 0.3 is 12.0 Å². The summed E-state index contributed by atoms with van der Waals surface area (Å²) in [6.07, 6.45) is 5.48. The molecule has 2 saturated carbocycles.